The summed E-state index contributed by atoms with van der Waals surface area (Å²) in [6.45, 7) is 8.39. The van der Waals surface area contributed by atoms with Crippen molar-refractivity contribution in [3.63, 3.8) is 0 Å². The molecule has 28 heavy (non-hydrogen) atoms. The summed E-state index contributed by atoms with van der Waals surface area (Å²) in [5.41, 5.74) is 0.743. The van der Waals surface area contributed by atoms with Crippen LogP contribution in [-0.2, 0) is 20.0 Å². The molecule has 11 heteroatoms. The summed E-state index contributed by atoms with van der Waals surface area (Å²) in [5.74, 6) is -0.973. The first-order chi connectivity index (χ1) is 12.6. The first-order valence-electron chi connectivity index (χ1n) is 8.19. The van der Waals surface area contributed by atoms with E-state index in [1.807, 2.05) is 0 Å². The van der Waals surface area contributed by atoms with Crippen LogP contribution in [0.25, 0.3) is 0 Å². The molecule has 0 aliphatic carbocycles. The van der Waals surface area contributed by atoms with Crippen molar-refractivity contribution in [1.82, 2.24) is 4.72 Å². The number of furan rings is 1. The zero-order chi connectivity index (χ0) is 21.5. The van der Waals surface area contributed by atoms with Gasteiger partial charge in [0.05, 0.1) is 4.90 Å². The fourth-order valence-electron chi connectivity index (χ4n) is 2.34. The number of benzene rings is 1. The van der Waals surface area contributed by atoms with Gasteiger partial charge in [0, 0.05) is 11.2 Å². The minimum atomic E-state index is -3.96. The van der Waals surface area contributed by atoms with Crippen LogP contribution in [0.2, 0.25) is 0 Å². The quantitative estimate of drug-likeness (QED) is 0.661. The lowest BCUT2D eigenvalue weighted by molar-refractivity contribution is 0.0991. The molecule has 0 unspecified atom stereocenters. The van der Waals surface area contributed by atoms with Gasteiger partial charge in [0.2, 0.25) is 15.1 Å². The Labute approximate surface area is 164 Å². The predicted molar refractivity (Wildman–Crippen MR) is 104 cm³/mol. The van der Waals surface area contributed by atoms with Gasteiger partial charge in [-0.25, -0.2) is 26.7 Å². The van der Waals surface area contributed by atoms with E-state index in [2.05, 4.69) is 10.0 Å². The number of nitrogens with one attached hydrogen (secondary N) is 2. The number of nitrogens with two attached hydrogens (primary N) is 1. The SMILES string of the molecule is Cc1cc(S(N)(=O)=O)cc(NC(=O)c2ccc(S(=O)(=O)NC(C)(C)C)o2)c1C. The van der Waals surface area contributed by atoms with E-state index < -0.39 is 36.6 Å². The standard InChI is InChI=1S/C17H23N3O6S2/c1-10-8-12(27(18,22)23)9-13(11(10)2)19-16(21)14-6-7-15(26-14)28(24,25)20-17(3,4)5/h6-9,20H,1-5H3,(H,19,21)(H2,18,22,23). The van der Waals surface area contributed by atoms with Gasteiger partial charge in [-0.1, -0.05) is 0 Å². The van der Waals surface area contributed by atoms with E-state index in [0.29, 0.717) is 11.1 Å². The maximum atomic E-state index is 12.5. The minimum absolute atomic E-state index is 0.150. The third-order valence-electron chi connectivity index (χ3n) is 3.73. The number of hydrogen-bond acceptors (Lipinski definition) is 6. The van der Waals surface area contributed by atoms with Crippen molar-refractivity contribution < 1.29 is 26.0 Å². The highest BCUT2D eigenvalue weighted by Gasteiger charge is 2.26. The molecule has 9 nitrogen and oxygen atoms in total. The molecule has 0 saturated carbocycles. The van der Waals surface area contributed by atoms with Crippen molar-refractivity contribution in [2.75, 3.05) is 5.32 Å². The number of aryl methyl sites for hydroxylation is 1. The molecule has 0 aliphatic heterocycles. The molecular formula is C17H23N3O6S2. The van der Waals surface area contributed by atoms with E-state index in [0.717, 1.165) is 0 Å². The molecule has 4 N–H and O–H groups in total. The number of hydrogen-bond donors (Lipinski definition) is 3. The van der Waals surface area contributed by atoms with Gasteiger partial charge in [-0.15, -0.1) is 0 Å². The molecule has 0 spiro atoms. The Hall–Kier alpha value is -2.21. The molecule has 154 valence electrons. The van der Waals surface area contributed by atoms with Gasteiger partial charge in [-0.2, -0.15) is 0 Å². The average Bonchev–Trinajstić information content (AvgIpc) is 2.99. The van der Waals surface area contributed by atoms with Crippen LogP contribution in [0.4, 0.5) is 5.69 Å². The summed E-state index contributed by atoms with van der Waals surface area (Å²) in [6, 6.07) is 5.02. The number of anilines is 1. The maximum absolute atomic E-state index is 12.5. The third-order valence-corrected chi connectivity index (χ3v) is 6.25. The van der Waals surface area contributed by atoms with Crippen LogP contribution in [0.5, 0.6) is 0 Å². The number of carbonyl (C=O) groups excluding carboxylic acids is 1. The number of rotatable bonds is 5. The first-order valence-corrected chi connectivity index (χ1v) is 11.2. The van der Waals surface area contributed by atoms with E-state index in [-0.39, 0.29) is 16.3 Å². The molecule has 2 aromatic rings. The second-order valence-electron chi connectivity index (χ2n) is 7.39. The minimum Gasteiger partial charge on any atom is -0.438 e. The highest BCUT2D eigenvalue weighted by atomic mass is 32.2. The summed E-state index contributed by atoms with van der Waals surface area (Å²) in [7, 11) is -7.90. The Balaban J connectivity index is 2.33. The van der Waals surface area contributed by atoms with Crippen molar-refractivity contribution >= 4 is 31.6 Å². The van der Waals surface area contributed by atoms with Crippen molar-refractivity contribution in [2.24, 2.45) is 5.14 Å². The molecule has 0 fully saturated rings. The molecule has 0 aliphatic rings. The van der Waals surface area contributed by atoms with Crippen LogP contribution in [0, 0.1) is 13.8 Å². The Morgan fingerprint density at radius 1 is 1.07 bits per heavy atom. The second kappa shape index (κ2) is 7.32. The first kappa shape index (κ1) is 22.1. The summed E-state index contributed by atoms with van der Waals surface area (Å²) < 4.78 is 55.4. The zero-order valence-corrected chi connectivity index (χ0v) is 17.8. The topological polar surface area (TPSA) is 149 Å². The third kappa shape index (κ3) is 5.19. The summed E-state index contributed by atoms with van der Waals surface area (Å²) >= 11 is 0. The zero-order valence-electron chi connectivity index (χ0n) is 16.2. The van der Waals surface area contributed by atoms with E-state index in [1.54, 1.807) is 34.6 Å². The highest BCUT2D eigenvalue weighted by Crippen LogP contribution is 2.25. The van der Waals surface area contributed by atoms with Crippen LogP contribution in [0.15, 0.2) is 38.7 Å². The van der Waals surface area contributed by atoms with Gasteiger partial charge in [0.15, 0.2) is 5.76 Å². The monoisotopic (exact) mass is 429 g/mol. The number of carbonyl (C=O) groups is 1. The van der Waals surface area contributed by atoms with Crippen molar-refractivity contribution in [2.45, 2.75) is 50.1 Å². The fourth-order valence-corrected chi connectivity index (χ4v) is 4.32. The van der Waals surface area contributed by atoms with Crippen molar-refractivity contribution in [3.05, 3.63) is 41.2 Å². The number of amides is 1. The molecular weight excluding hydrogens is 406 g/mol. The normalized spacial score (nSPS) is 12.8. The molecule has 2 rings (SSSR count). The van der Waals surface area contributed by atoms with E-state index in [4.69, 9.17) is 9.56 Å². The van der Waals surface area contributed by atoms with Gasteiger partial charge >= 0.3 is 0 Å². The van der Waals surface area contributed by atoms with Gasteiger partial charge in [-0.3, -0.25) is 4.79 Å². The fraction of sp³-hybridized carbons (Fsp3) is 0.353. The number of sulfonamides is 2. The maximum Gasteiger partial charge on any atom is 0.291 e. The van der Waals surface area contributed by atoms with Crippen molar-refractivity contribution in [1.29, 1.82) is 0 Å². The van der Waals surface area contributed by atoms with Crippen LogP contribution in [0.1, 0.15) is 42.5 Å². The van der Waals surface area contributed by atoms with Crippen LogP contribution in [-0.4, -0.2) is 28.3 Å². The van der Waals surface area contributed by atoms with E-state index >= 15 is 0 Å². The number of primary sulfonamides is 1. The van der Waals surface area contributed by atoms with Gasteiger partial charge in [-0.05, 0) is 70.0 Å². The lowest BCUT2D eigenvalue weighted by atomic mass is 10.1. The largest absolute Gasteiger partial charge is 0.438 e. The van der Waals surface area contributed by atoms with Crippen LogP contribution < -0.4 is 15.2 Å². The van der Waals surface area contributed by atoms with Crippen LogP contribution >= 0.6 is 0 Å². The molecule has 0 saturated heterocycles. The van der Waals surface area contributed by atoms with Crippen molar-refractivity contribution in [3.8, 4) is 0 Å². The average molecular weight is 430 g/mol. The van der Waals surface area contributed by atoms with E-state index in [9.17, 15) is 21.6 Å². The molecule has 0 bridgehead atoms. The van der Waals surface area contributed by atoms with Gasteiger partial charge in [0.1, 0.15) is 0 Å². The lowest BCUT2D eigenvalue weighted by Gasteiger charge is -2.19. The smallest absolute Gasteiger partial charge is 0.291 e. The Morgan fingerprint density at radius 2 is 1.68 bits per heavy atom. The summed E-state index contributed by atoms with van der Waals surface area (Å²) in [4.78, 5) is 12.3. The predicted octanol–water partition coefficient (Wildman–Crippen LogP) is 1.87. The molecule has 1 aromatic carbocycles. The molecule has 1 aromatic heterocycles. The van der Waals surface area contributed by atoms with Crippen LogP contribution in [0.3, 0.4) is 0 Å². The van der Waals surface area contributed by atoms with E-state index in [1.165, 1.54) is 24.3 Å². The van der Waals surface area contributed by atoms with Gasteiger partial charge in [0.25, 0.3) is 15.9 Å². The summed E-state index contributed by atoms with van der Waals surface area (Å²) in [5, 5.41) is 7.28. The molecule has 1 heterocycles. The molecule has 0 radical (unpaired) electrons. The van der Waals surface area contributed by atoms with Gasteiger partial charge < -0.3 is 9.73 Å². The summed E-state index contributed by atoms with van der Waals surface area (Å²) in [6.07, 6.45) is 0. The second-order valence-corrected chi connectivity index (χ2v) is 10.6. The highest BCUT2D eigenvalue weighted by molar-refractivity contribution is 7.89. The Bertz CT molecular complexity index is 1130. The lowest BCUT2D eigenvalue weighted by Crippen LogP contribution is -2.40. The molecule has 0 atom stereocenters. The molecule has 1 amide bonds. The Morgan fingerprint density at radius 3 is 2.21 bits per heavy atom. The Kier molecular flexibility index (Phi) is 5.77.